The Morgan fingerprint density at radius 2 is 1.87 bits per heavy atom. The van der Waals surface area contributed by atoms with Crippen LogP contribution < -0.4 is 9.47 Å². The number of carboxylic acid groups (broad SMARTS) is 1. The van der Waals surface area contributed by atoms with Gasteiger partial charge in [0, 0.05) is 13.1 Å². The average molecular weight is 325 g/mol. The molecule has 128 valence electrons. The SMILES string of the molecule is CCOC(=O)CCN(CC(=O)O)Cc1ccc(OC)c(OC)c1. The van der Waals surface area contributed by atoms with E-state index in [1.807, 2.05) is 6.07 Å². The van der Waals surface area contributed by atoms with Crippen LogP contribution in [0.25, 0.3) is 0 Å². The summed E-state index contributed by atoms with van der Waals surface area (Å²) in [5.41, 5.74) is 0.868. The fourth-order valence-electron chi connectivity index (χ4n) is 2.13. The summed E-state index contributed by atoms with van der Waals surface area (Å²) in [6.07, 6.45) is 0.147. The first-order chi connectivity index (χ1) is 11.0. The molecule has 0 heterocycles. The normalized spacial score (nSPS) is 10.4. The Kier molecular flexibility index (Phi) is 7.90. The van der Waals surface area contributed by atoms with Crippen molar-refractivity contribution in [3.8, 4) is 11.5 Å². The number of carboxylic acids is 1. The number of rotatable bonds is 10. The number of hydrogen-bond donors (Lipinski definition) is 1. The van der Waals surface area contributed by atoms with E-state index < -0.39 is 5.97 Å². The minimum absolute atomic E-state index is 0.147. The highest BCUT2D eigenvalue weighted by molar-refractivity contribution is 5.70. The Morgan fingerprint density at radius 1 is 1.17 bits per heavy atom. The van der Waals surface area contributed by atoms with E-state index in [-0.39, 0.29) is 18.9 Å². The Bertz CT molecular complexity index is 531. The molecule has 0 aliphatic rings. The van der Waals surface area contributed by atoms with Crippen molar-refractivity contribution in [2.75, 3.05) is 33.9 Å². The van der Waals surface area contributed by atoms with E-state index >= 15 is 0 Å². The largest absolute Gasteiger partial charge is 0.493 e. The number of hydrogen-bond acceptors (Lipinski definition) is 6. The van der Waals surface area contributed by atoms with Gasteiger partial charge in [-0.05, 0) is 24.6 Å². The van der Waals surface area contributed by atoms with Gasteiger partial charge in [0.2, 0.25) is 0 Å². The lowest BCUT2D eigenvalue weighted by Crippen LogP contribution is -2.31. The molecule has 0 aromatic heterocycles. The molecule has 23 heavy (non-hydrogen) atoms. The number of esters is 1. The van der Waals surface area contributed by atoms with Crippen LogP contribution in [0.15, 0.2) is 18.2 Å². The molecule has 0 fully saturated rings. The van der Waals surface area contributed by atoms with E-state index in [9.17, 15) is 9.59 Å². The van der Waals surface area contributed by atoms with Crippen LogP contribution in [0.2, 0.25) is 0 Å². The van der Waals surface area contributed by atoms with Crippen LogP contribution >= 0.6 is 0 Å². The zero-order valence-corrected chi connectivity index (χ0v) is 13.7. The van der Waals surface area contributed by atoms with Gasteiger partial charge in [0.25, 0.3) is 0 Å². The lowest BCUT2D eigenvalue weighted by Gasteiger charge is -2.20. The van der Waals surface area contributed by atoms with Crippen LogP contribution in [0.5, 0.6) is 11.5 Å². The summed E-state index contributed by atoms with van der Waals surface area (Å²) in [5, 5.41) is 9.01. The minimum Gasteiger partial charge on any atom is -0.493 e. The first kappa shape index (κ1) is 18.8. The van der Waals surface area contributed by atoms with Gasteiger partial charge in [0.1, 0.15) is 0 Å². The molecule has 1 rings (SSSR count). The van der Waals surface area contributed by atoms with Gasteiger partial charge in [0.15, 0.2) is 11.5 Å². The molecule has 0 saturated carbocycles. The summed E-state index contributed by atoms with van der Waals surface area (Å²) in [5.74, 6) is -0.109. The van der Waals surface area contributed by atoms with Crippen molar-refractivity contribution in [1.82, 2.24) is 4.90 Å². The number of methoxy groups -OCH3 is 2. The monoisotopic (exact) mass is 325 g/mol. The molecule has 0 amide bonds. The third-order valence-corrected chi connectivity index (χ3v) is 3.15. The van der Waals surface area contributed by atoms with Crippen molar-refractivity contribution in [3.05, 3.63) is 23.8 Å². The molecule has 0 bridgehead atoms. The van der Waals surface area contributed by atoms with Gasteiger partial charge < -0.3 is 19.3 Å². The Hall–Kier alpha value is -2.28. The lowest BCUT2D eigenvalue weighted by molar-refractivity contribution is -0.145. The van der Waals surface area contributed by atoms with Gasteiger partial charge in [-0.1, -0.05) is 6.07 Å². The summed E-state index contributed by atoms with van der Waals surface area (Å²) in [7, 11) is 3.09. The number of aliphatic carboxylic acids is 1. The van der Waals surface area contributed by atoms with Crippen molar-refractivity contribution < 1.29 is 28.9 Å². The fraction of sp³-hybridized carbons (Fsp3) is 0.500. The molecule has 1 N–H and O–H groups in total. The third kappa shape index (κ3) is 6.56. The maximum absolute atomic E-state index is 11.4. The Labute approximate surface area is 135 Å². The number of nitrogens with zero attached hydrogens (tertiary/aromatic N) is 1. The predicted octanol–water partition coefficient (Wildman–Crippen LogP) is 1.54. The molecule has 0 aliphatic carbocycles. The number of benzene rings is 1. The first-order valence-electron chi connectivity index (χ1n) is 7.30. The molecule has 1 aromatic rings. The smallest absolute Gasteiger partial charge is 0.317 e. The van der Waals surface area contributed by atoms with Gasteiger partial charge in [-0.15, -0.1) is 0 Å². The third-order valence-electron chi connectivity index (χ3n) is 3.15. The molecule has 7 heteroatoms. The van der Waals surface area contributed by atoms with Crippen molar-refractivity contribution in [1.29, 1.82) is 0 Å². The highest BCUT2D eigenvalue weighted by atomic mass is 16.5. The maximum atomic E-state index is 11.4. The molecule has 7 nitrogen and oxygen atoms in total. The van der Waals surface area contributed by atoms with Gasteiger partial charge in [0.05, 0.1) is 33.8 Å². The average Bonchev–Trinajstić information content (AvgIpc) is 2.52. The lowest BCUT2D eigenvalue weighted by atomic mass is 10.2. The first-order valence-corrected chi connectivity index (χ1v) is 7.30. The van der Waals surface area contributed by atoms with Crippen molar-refractivity contribution >= 4 is 11.9 Å². The number of carbonyl (C=O) groups excluding carboxylic acids is 1. The highest BCUT2D eigenvalue weighted by Gasteiger charge is 2.14. The quantitative estimate of drug-likeness (QED) is 0.653. The fourth-order valence-corrected chi connectivity index (χ4v) is 2.13. The van der Waals surface area contributed by atoms with Crippen LogP contribution in [0.1, 0.15) is 18.9 Å². The summed E-state index contributed by atoms with van der Waals surface area (Å²) in [6.45, 7) is 2.57. The van der Waals surface area contributed by atoms with Gasteiger partial charge >= 0.3 is 11.9 Å². The predicted molar refractivity (Wildman–Crippen MR) is 83.7 cm³/mol. The molecule has 0 atom stereocenters. The Morgan fingerprint density at radius 3 is 2.43 bits per heavy atom. The second-order valence-electron chi connectivity index (χ2n) is 4.85. The second-order valence-corrected chi connectivity index (χ2v) is 4.85. The van der Waals surface area contributed by atoms with Crippen LogP contribution in [0, 0.1) is 0 Å². The van der Waals surface area contributed by atoms with Crippen LogP contribution in [0.4, 0.5) is 0 Å². The van der Waals surface area contributed by atoms with E-state index in [1.54, 1.807) is 31.1 Å². The number of ether oxygens (including phenoxy) is 3. The maximum Gasteiger partial charge on any atom is 0.317 e. The van der Waals surface area contributed by atoms with E-state index in [0.717, 1.165) is 5.56 Å². The molecular formula is C16H23NO6. The zero-order valence-electron chi connectivity index (χ0n) is 13.7. The van der Waals surface area contributed by atoms with E-state index in [1.165, 1.54) is 7.11 Å². The van der Waals surface area contributed by atoms with Gasteiger partial charge in [-0.2, -0.15) is 0 Å². The van der Waals surface area contributed by atoms with Crippen molar-refractivity contribution in [2.24, 2.45) is 0 Å². The molecule has 1 aromatic carbocycles. The van der Waals surface area contributed by atoms with E-state index in [4.69, 9.17) is 19.3 Å². The molecule has 0 spiro atoms. The van der Waals surface area contributed by atoms with Crippen molar-refractivity contribution in [3.63, 3.8) is 0 Å². The van der Waals surface area contributed by atoms with Gasteiger partial charge in [-0.25, -0.2) is 0 Å². The topological polar surface area (TPSA) is 85.3 Å². The molecular weight excluding hydrogens is 302 g/mol. The van der Waals surface area contributed by atoms with Crippen LogP contribution in [-0.4, -0.2) is 55.9 Å². The van der Waals surface area contributed by atoms with E-state index in [2.05, 4.69) is 0 Å². The van der Waals surface area contributed by atoms with Crippen LogP contribution in [-0.2, 0) is 20.9 Å². The standard InChI is InChI=1S/C16H23NO6/c1-4-23-16(20)7-8-17(11-15(18)19)10-12-5-6-13(21-2)14(9-12)22-3/h5-6,9H,4,7-8,10-11H2,1-3H3,(H,18,19). The summed E-state index contributed by atoms with van der Waals surface area (Å²) in [6, 6.07) is 5.39. The Balaban J connectivity index is 2.76. The highest BCUT2D eigenvalue weighted by Crippen LogP contribution is 2.28. The van der Waals surface area contributed by atoms with Crippen LogP contribution in [0.3, 0.4) is 0 Å². The molecule has 0 aliphatic heterocycles. The molecule has 0 radical (unpaired) electrons. The number of carbonyl (C=O) groups is 2. The minimum atomic E-state index is -0.950. The van der Waals surface area contributed by atoms with Crippen molar-refractivity contribution in [2.45, 2.75) is 19.9 Å². The molecule has 0 saturated heterocycles. The zero-order chi connectivity index (χ0) is 17.2. The summed E-state index contributed by atoms with van der Waals surface area (Å²) in [4.78, 5) is 24.1. The van der Waals surface area contributed by atoms with Gasteiger partial charge in [-0.3, -0.25) is 14.5 Å². The summed E-state index contributed by atoms with van der Waals surface area (Å²) < 4.78 is 15.3. The second kappa shape index (κ2) is 9.68. The molecule has 0 unspecified atom stereocenters. The van der Waals surface area contributed by atoms with E-state index in [0.29, 0.717) is 31.2 Å². The summed E-state index contributed by atoms with van der Waals surface area (Å²) >= 11 is 0.